The summed E-state index contributed by atoms with van der Waals surface area (Å²) in [6.07, 6.45) is 9.49. The van der Waals surface area contributed by atoms with Crippen LogP contribution in [-0.4, -0.2) is 123 Å². The molecule has 3 amide bonds. The number of ether oxygens (including phenoxy) is 1. The summed E-state index contributed by atoms with van der Waals surface area (Å²) < 4.78 is 9.70. The number of aromatic nitrogens is 3. The van der Waals surface area contributed by atoms with Gasteiger partial charge in [0.05, 0.1) is 29.2 Å². The summed E-state index contributed by atoms with van der Waals surface area (Å²) in [7, 11) is 2.19. The van der Waals surface area contributed by atoms with E-state index in [0.717, 1.165) is 104 Å². The Morgan fingerprint density at radius 2 is 1.41 bits per heavy atom. The molecule has 13 heteroatoms. The number of urea groups is 1. The molecule has 1 N–H and O–H groups in total. The van der Waals surface area contributed by atoms with Gasteiger partial charge in [0.25, 0.3) is 5.56 Å². The number of aryl methyl sites for hydroxylation is 1. The monoisotopic (exact) mass is 943 g/mol. The summed E-state index contributed by atoms with van der Waals surface area (Å²) >= 11 is 0. The quantitative estimate of drug-likeness (QED) is 0.119. The Kier molecular flexibility index (Phi) is 12.6. The first-order valence-corrected chi connectivity index (χ1v) is 25.7. The Hall–Kier alpha value is -6.31. The number of esters is 1. The number of piperazine rings is 1. The van der Waals surface area contributed by atoms with Crippen molar-refractivity contribution in [1.29, 1.82) is 0 Å². The third-order valence-corrected chi connectivity index (χ3v) is 16.6. The number of likely N-dealkylation sites (tertiary alicyclic amines) is 2. The molecular weight excluding hydrogens is 877 g/mol. The number of piperidine rings is 2. The number of carbonyl (C=O) groups is 3. The summed E-state index contributed by atoms with van der Waals surface area (Å²) in [4.78, 5) is 65.7. The van der Waals surface area contributed by atoms with Crippen LogP contribution < -0.4 is 10.9 Å². The SMILES string of the molecule is Cc1cc(C[C@@H](NC(=O)N2CCC(c3cc4ccccc4n(COC(=O)C4(c5ccccc5)CC4)c3=O)CC2)C(=O)N2CCN(C3CCN(C)CC3)CC2)cc2cnn(CC3(c4ccccc4)CC3)c12. The van der Waals surface area contributed by atoms with E-state index < -0.39 is 11.5 Å². The standard InChI is InChI=1S/C57H66N8O5/c1-40-33-41(34-44-37-58-65(51(40)44)38-56(21-22-56)45-12-5-3-6-13-45)35-49(53(67)62-31-29-61(30-32-62)47-19-25-60(2)26-20-47)59-55(69)63-27-17-42(18-28-63)48-36-43-11-9-10-16-50(43)64(52(48)66)39-70-54(68)57(23-24-57)46-14-7-4-8-15-46/h3-16,33-34,36-37,42,47,49H,17-32,35,38-39H2,1-2H3,(H,59,69)/t49-/m1/s1. The normalized spacial score (nSPS) is 20.1. The van der Waals surface area contributed by atoms with Crippen LogP contribution >= 0.6 is 0 Å². The zero-order valence-corrected chi connectivity index (χ0v) is 40.7. The molecule has 2 aliphatic carbocycles. The van der Waals surface area contributed by atoms with Gasteiger partial charge in [-0.2, -0.15) is 5.10 Å². The first-order valence-electron chi connectivity index (χ1n) is 25.7. The molecule has 5 heterocycles. The number of pyridine rings is 1. The van der Waals surface area contributed by atoms with E-state index in [-0.39, 0.29) is 41.5 Å². The Morgan fingerprint density at radius 1 is 0.743 bits per heavy atom. The summed E-state index contributed by atoms with van der Waals surface area (Å²) in [5.74, 6) is -0.454. The van der Waals surface area contributed by atoms with Crippen LogP contribution in [-0.2, 0) is 44.9 Å². The summed E-state index contributed by atoms with van der Waals surface area (Å²) in [6, 6.07) is 34.0. The first-order chi connectivity index (χ1) is 34.1. The van der Waals surface area contributed by atoms with Crippen molar-refractivity contribution in [3.63, 3.8) is 0 Å². The van der Waals surface area contributed by atoms with Crippen LogP contribution in [0.1, 0.15) is 85.1 Å². The maximum atomic E-state index is 14.7. The minimum Gasteiger partial charge on any atom is -0.443 e. The predicted octanol–water partition coefficient (Wildman–Crippen LogP) is 7.36. The molecule has 2 saturated carbocycles. The average molecular weight is 943 g/mol. The van der Waals surface area contributed by atoms with Gasteiger partial charge in [0.2, 0.25) is 5.91 Å². The van der Waals surface area contributed by atoms with Gasteiger partial charge in [-0.25, -0.2) is 4.79 Å². The Balaban J connectivity index is 0.789. The second-order valence-corrected chi connectivity index (χ2v) is 21.1. The molecule has 0 spiro atoms. The minimum absolute atomic E-state index is 0.0490. The van der Waals surface area contributed by atoms with Gasteiger partial charge in [0, 0.05) is 68.1 Å². The molecule has 2 aromatic heterocycles. The number of fused-ring (bicyclic) bond motifs is 2. The molecule has 6 aromatic rings. The van der Waals surface area contributed by atoms with Crippen LogP contribution in [0, 0.1) is 6.92 Å². The zero-order chi connectivity index (χ0) is 48.0. The summed E-state index contributed by atoms with van der Waals surface area (Å²) in [6.45, 7) is 8.75. The summed E-state index contributed by atoms with van der Waals surface area (Å²) in [5, 5.41) is 10.1. The predicted molar refractivity (Wildman–Crippen MR) is 272 cm³/mol. The second-order valence-electron chi connectivity index (χ2n) is 21.1. The van der Waals surface area contributed by atoms with Crippen molar-refractivity contribution in [2.45, 2.75) is 107 Å². The van der Waals surface area contributed by atoms with E-state index in [0.29, 0.717) is 62.6 Å². The lowest BCUT2D eigenvalue weighted by Gasteiger charge is -2.43. The van der Waals surface area contributed by atoms with Crippen LogP contribution in [0.3, 0.4) is 0 Å². The average Bonchev–Trinajstić information content (AvgIpc) is 4.33. The van der Waals surface area contributed by atoms with E-state index in [4.69, 9.17) is 9.84 Å². The molecule has 0 unspecified atom stereocenters. The van der Waals surface area contributed by atoms with Crippen LogP contribution in [0.2, 0.25) is 0 Å². The van der Waals surface area contributed by atoms with Crippen molar-refractivity contribution in [2.24, 2.45) is 0 Å². The Labute approximate surface area is 410 Å². The van der Waals surface area contributed by atoms with Gasteiger partial charge >= 0.3 is 12.0 Å². The number of para-hydroxylation sites is 1. The van der Waals surface area contributed by atoms with Crippen LogP contribution in [0.15, 0.2) is 114 Å². The molecule has 4 aromatic carbocycles. The topological polar surface area (TPSA) is 125 Å². The van der Waals surface area contributed by atoms with E-state index in [1.807, 2.05) is 71.8 Å². The van der Waals surface area contributed by atoms with Crippen molar-refractivity contribution in [1.82, 2.24) is 39.3 Å². The highest BCUT2D eigenvalue weighted by Gasteiger charge is 2.53. The molecule has 0 bridgehead atoms. The number of nitrogens with zero attached hydrogens (tertiary/aromatic N) is 7. The Bertz CT molecular complexity index is 2940. The van der Waals surface area contributed by atoms with Crippen molar-refractivity contribution in [3.05, 3.63) is 147 Å². The maximum absolute atomic E-state index is 14.7. The van der Waals surface area contributed by atoms with Gasteiger partial charge in [-0.05, 0) is 130 Å². The van der Waals surface area contributed by atoms with Gasteiger partial charge in [-0.15, -0.1) is 0 Å². The molecule has 1 atom stereocenters. The zero-order valence-electron chi connectivity index (χ0n) is 40.7. The molecule has 3 aliphatic heterocycles. The van der Waals surface area contributed by atoms with Gasteiger partial charge in [-0.3, -0.25) is 28.5 Å². The third kappa shape index (κ3) is 9.14. The van der Waals surface area contributed by atoms with Crippen molar-refractivity contribution < 1.29 is 19.1 Å². The number of hydrogen-bond donors (Lipinski definition) is 1. The molecule has 0 radical (unpaired) electrons. The minimum atomic E-state index is -0.758. The fourth-order valence-electron chi connectivity index (χ4n) is 12.0. The highest BCUT2D eigenvalue weighted by atomic mass is 16.5. The number of benzene rings is 4. The molecule has 5 aliphatic rings. The van der Waals surface area contributed by atoms with Crippen molar-refractivity contribution >= 4 is 39.7 Å². The molecule has 70 heavy (non-hydrogen) atoms. The fourth-order valence-corrected chi connectivity index (χ4v) is 12.0. The largest absolute Gasteiger partial charge is 0.443 e. The van der Waals surface area contributed by atoms with E-state index in [9.17, 15) is 19.2 Å². The van der Waals surface area contributed by atoms with E-state index >= 15 is 0 Å². The number of rotatable bonds is 13. The van der Waals surface area contributed by atoms with Gasteiger partial charge in [0.15, 0.2) is 6.73 Å². The second kappa shape index (κ2) is 19.1. The Morgan fingerprint density at radius 3 is 2.10 bits per heavy atom. The summed E-state index contributed by atoms with van der Waals surface area (Å²) in [5.41, 5.74) is 6.14. The van der Waals surface area contributed by atoms with Gasteiger partial charge in [0.1, 0.15) is 6.04 Å². The van der Waals surface area contributed by atoms with Crippen LogP contribution in [0.4, 0.5) is 4.79 Å². The molecular formula is C57H66N8O5. The van der Waals surface area contributed by atoms with E-state index in [2.05, 4.69) is 76.2 Å². The molecule has 3 saturated heterocycles. The lowest BCUT2D eigenvalue weighted by Crippen LogP contribution is -2.59. The van der Waals surface area contributed by atoms with E-state index in [1.54, 1.807) is 9.47 Å². The maximum Gasteiger partial charge on any atom is 0.318 e. The number of amides is 3. The third-order valence-electron chi connectivity index (χ3n) is 16.6. The van der Waals surface area contributed by atoms with Crippen molar-refractivity contribution in [2.75, 3.05) is 59.4 Å². The van der Waals surface area contributed by atoms with Crippen LogP contribution in [0.25, 0.3) is 21.8 Å². The number of nitrogens with one attached hydrogen (secondary N) is 1. The smallest absolute Gasteiger partial charge is 0.318 e. The lowest BCUT2D eigenvalue weighted by atomic mass is 9.89. The number of carbonyl (C=O) groups excluding carboxylic acids is 3. The van der Waals surface area contributed by atoms with Gasteiger partial charge in [-0.1, -0.05) is 84.9 Å². The first kappa shape index (κ1) is 46.1. The van der Waals surface area contributed by atoms with E-state index in [1.165, 1.54) is 5.56 Å². The molecule has 364 valence electrons. The molecule has 11 rings (SSSR count). The molecule has 5 fully saturated rings. The van der Waals surface area contributed by atoms with Crippen molar-refractivity contribution in [3.8, 4) is 0 Å². The van der Waals surface area contributed by atoms with Crippen LogP contribution in [0.5, 0.6) is 0 Å². The molecule has 13 nitrogen and oxygen atoms in total. The highest BCUT2D eigenvalue weighted by molar-refractivity contribution is 5.89. The van der Waals surface area contributed by atoms with Gasteiger partial charge < -0.3 is 24.8 Å². The highest BCUT2D eigenvalue weighted by Crippen LogP contribution is 2.50. The lowest BCUT2D eigenvalue weighted by molar-refractivity contribution is -0.150. The fraction of sp³-hybridized carbons (Fsp3) is 0.456. The number of hydrogen-bond acceptors (Lipinski definition) is 8.